The number of hydrogen-bond acceptors (Lipinski definition) is 6. The van der Waals surface area contributed by atoms with E-state index in [0.29, 0.717) is 13.1 Å². The fourth-order valence-electron chi connectivity index (χ4n) is 4.79. The van der Waals surface area contributed by atoms with E-state index in [2.05, 4.69) is 39.4 Å². The average molecular weight is 394 g/mol. The van der Waals surface area contributed by atoms with Crippen LogP contribution in [0.15, 0.2) is 12.1 Å². The highest BCUT2D eigenvalue weighted by Gasteiger charge is 2.40. The SMILES string of the molecule is CN1Cc2c(cc(N3CCCC3)cc2N2CCN(S(C)(=O)=O)C(C)(C)C2)N1. The van der Waals surface area contributed by atoms with E-state index in [1.807, 2.05) is 13.8 Å². The molecule has 1 aromatic carbocycles. The molecule has 0 radical (unpaired) electrons. The van der Waals surface area contributed by atoms with Gasteiger partial charge in [-0.05, 0) is 38.8 Å². The third-order valence-corrected chi connectivity index (χ3v) is 7.43. The molecule has 1 aromatic rings. The molecule has 0 unspecified atom stereocenters. The molecule has 0 saturated carbocycles. The second kappa shape index (κ2) is 6.53. The van der Waals surface area contributed by atoms with Gasteiger partial charge in [0.1, 0.15) is 0 Å². The maximum Gasteiger partial charge on any atom is 0.211 e. The summed E-state index contributed by atoms with van der Waals surface area (Å²) in [5, 5.41) is 2.11. The number of hydrogen-bond donors (Lipinski definition) is 1. The molecule has 0 aliphatic carbocycles. The Morgan fingerprint density at radius 1 is 1.04 bits per heavy atom. The third kappa shape index (κ3) is 3.50. The van der Waals surface area contributed by atoms with Crippen LogP contribution in [0.3, 0.4) is 0 Å². The Bertz CT molecular complexity index is 833. The highest BCUT2D eigenvalue weighted by molar-refractivity contribution is 7.88. The van der Waals surface area contributed by atoms with E-state index in [0.717, 1.165) is 26.2 Å². The number of rotatable bonds is 3. The minimum Gasteiger partial charge on any atom is -0.371 e. The lowest BCUT2D eigenvalue weighted by Crippen LogP contribution is -2.61. The van der Waals surface area contributed by atoms with E-state index in [4.69, 9.17) is 0 Å². The summed E-state index contributed by atoms with van der Waals surface area (Å²) in [6.45, 7) is 9.07. The fourth-order valence-corrected chi connectivity index (χ4v) is 6.16. The molecule has 150 valence electrons. The largest absolute Gasteiger partial charge is 0.371 e. The molecule has 1 N–H and O–H groups in total. The molecule has 2 saturated heterocycles. The highest BCUT2D eigenvalue weighted by Crippen LogP contribution is 2.40. The molecule has 2 fully saturated rings. The lowest BCUT2D eigenvalue weighted by molar-refractivity contribution is 0.206. The molecule has 7 nitrogen and oxygen atoms in total. The van der Waals surface area contributed by atoms with Crippen LogP contribution in [0.25, 0.3) is 0 Å². The first kappa shape index (κ1) is 18.8. The van der Waals surface area contributed by atoms with Gasteiger partial charge in [-0.25, -0.2) is 13.4 Å². The van der Waals surface area contributed by atoms with Crippen LogP contribution in [0, 0.1) is 0 Å². The predicted molar refractivity (Wildman–Crippen MR) is 111 cm³/mol. The number of sulfonamides is 1. The Balaban J connectivity index is 1.69. The summed E-state index contributed by atoms with van der Waals surface area (Å²) in [5.74, 6) is 0. The Morgan fingerprint density at radius 3 is 2.37 bits per heavy atom. The van der Waals surface area contributed by atoms with Crippen molar-refractivity contribution in [1.29, 1.82) is 0 Å². The zero-order valence-corrected chi connectivity index (χ0v) is 17.6. The van der Waals surface area contributed by atoms with Crippen molar-refractivity contribution >= 4 is 27.1 Å². The Morgan fingerprint density at radius 2 is 1.74 bits per heavy atom. The van der Waals surface area contributed by atoms with Gasteiger partial charge < -0.3 is 15.2 Å². The number of nitrogens with zero attached hydrogens (tertiary/aromatic N) is 4. The van der Waals surface area contributed by atoms with Crippen molar-refractivity contribution in [1.82, 2.24) is 9.31 Å². The molecule has 4 rings (SSSR count). The average Bonchev–Trinajstić information content (AvgIpc) is 3.19. The van der Waals surface area contributed by atoms with Crippen LogP contribution in [0.4, 0.5) is 17.1 Å². The molecule has 27 heavy (non-hydrogen) atoms. The standard InChI is InChI=1S/C19H31N5O2S/c1-19(2)14-23(9-10-24(19)27(4,25)26)18-12-15(22-7-5-6-8-22)11-17-16(18)13-21(3)20-17/h11-12,20H,5-10,13-14H2,1-4H3. The zero-order chi connectivity index (χ0) is 19.4. The molecule has 0 atom stereocenters. The van der Waals surface area contributed by atoms with Gasteiger partial charge in [-0.15, -0.1) is 0 Å². The number of fused-ring (bicyclic) bond motifs is 1. The van der Waals surface area contributed by atoms with E-state index in [9.17, 15) is 8.42 Å². The fraction of sp³-hybridized carbons (Fsp3) is 0.684. The lowest BCUT2D eigenvalue weighted by atomic mass is 9.99. The minimum absolute atomic E-state index is 0.430. The predicted octanol–water partition coefficient (Wildman–Crippen LogP) is 1.92. The number of benzene rings is 1. The summed E-state index contributed by atoms with van der Waals surface area (Å²) in [6, 6.07) is 4.59. The minimum atomic E-state index is -3.20. The zero-order valence-electron chi connectivity index (χ0n) is 16.8. The smallest absolute Gasteiger partial charge is 0.211 e. The summed E-state index contributed by atoms with van der Waals surface area (Å²) in [7, 11) is -1.14. The maximum atomic E-state index is 12.2. The molecule has 0 amide bonds. The van der Waals surface area contributed by atoms with Crippen LogP contribution in [0.1, 0.15) is 32.3 Å². The van der Waals surface area contributed by atoms with E-state index >= 15 is 0 Å². The second-order valence-electron chi connectivity index (χ2n) is 8.72. The van der Waals surface area contributed by atoms with Crippen molar-refractivity contribution in [3.8, 4) is 0 Å². The maximum absolute atomic E-state index is 12.2. The number of nitrogens with one attached hydrogen (secondary N) is 1. The van der Waals surface area contributed by atoms with Crippen LogP contribution in [-0.4, -0.2) is 69.3 Å². The Labute approximate surface area is 162 Å². The van der Waals surface area contributed by atoms with Gasteiger partial charge in [-0.3, -0.25) is 0 Å². The topological polar surface area (TPSA) is 59.1 Å². The van der Waals surface area contributed by atoms with Crippen LogP contribution in [0.5, 0.6) is 0 Å². The molecule has 0 aromatic heterocycles. The molecule has 3 aliphatic heterocycles. The first-order chi connectivity index (χ1) is 12.6. The van der Waals surface area contributed by atoms with Crippen molar-refractivity contribution in [2.45, 2.75) is 38.8 Å². The van der Waals surface area contributed by atoms with E-state index < -0.39 is 15.6 Å². The van der Waals surface area contributed by atoms with Crippen molar-refractivity contribution in [3.05, 3.63) is 17.7 Å². The molecule has 3 aliphatic rings. The van der Waals surface area contributed by atoms with Gasteiger partial charge in [0.05, 0.1) is 11.9 Å². The van der Waals surface area contributed by atoms with Crippen LogP contribution in [0.2, 0.25) is 0 Å². The van der Waals surface area contributed by atoms with E-state index in [1.165, 1.54) is 41.7 Å². The number of piperazine rings is 1. The van der Waals surface area contributed by atoms with Gasteiger partial charge in [0.2, 0.25) is 10.0 Å². The summed E-state index contributed by atoms with van der Waals surface area (Å²) >= 11 is 0. The van der Waals surface area contributed by atoms with Gasteiger partial charge >= 0.3 is 0 Å². The summed E-state index contributed by atoms with van der Waals surface area (Å²) in [6.07, 6.45) is 3.81. The van der Waals surface area contributed by atoms with Crippen LogP contribution >= 0.6 is 0 Å². The Hall–Kier alpha value is -1.51. The lowest BCUT2D eigenvalue weighted by Gasteiger charge is -2.47. The van der Waals surface area contributed by atoms with Gasteiger partial charge in [0.25, 0.3) is 0 Å². The molecular formula is C19H31N5O2S. The molecule has 0 bridgehead atoms. The Kier molecular flexibility index (Phi) is 4.56. The summed E-state index contributed by atoms with van der Waals surface area (Å²) in [5.41, 5.74) is 8.04. The van der Waals surface area contributed by atoms with Crippen LogP contribution in [-0.2, 0) is 16.6 Å². The van der Waals surface area contributed by atoms with Crippen molar-refractivity contribution in [2.24, 2.45) is 0 Å². The van der Waals surface area contributed by atoms with Crippen molar-refractivity contribution in [3.63, 3.8) is 0 Å². The van der Waals surface area contributed by atoms with Gasteiger partial charge in [-0.1, -0.05) is 0 Å². The monoisotopic (exact) mass is 393 g/mol. The summed E-state index contributed by atoms with van der Waals surface area (Å²) < 4.78 is 26.0. The molecular weight excluding hydrogens is 362 g/mol. The van der Waals surface area contributed by atoms with Crippen molar-refractivity contribution in [2.75, 3.05) is 61.3 Å². The van der Waals surface area contributed by atoms with Gasteiger partial charge in [0, 0.05) is 68.8 Å². The normalized spacial score (nSPS) is 23.6. The van der Waals surface area contributed by atoms with Crippen molar-refractivity contribution < 1.29 is 8.42 Å². The van der Waals surface area contributed by atoms with Gasteiger partial charge in [0.15, 0.2) is 0 Å². The third-order valence-electron chi connectivity index (χ3n) is 5.96. The van der Waals surface area contributed by atoms with E-state index in [1.54, 1.807) is 4.31 Å². The van der Waals surface area contributed by atoms with Gasteiger partial charge in [-0.2, -0.15) is 4.31 Å². The second-order valence-corrected chi connectivity index (χ2v) is 10.6. The first-order valence-corrected chi connectivity index (χ1v) is 11.6. The van der Waals surface area contributed by atoms with E-state index in [-0.39, 0.29) is 0 Å². The summed E-state index contributed by atoms with van der Waals surface area (Å²) in [4.78, 5) is 4.84. The molecule has 3 heterocycles. The highest BCUT2D eigenvalue weighted by atomic mass is 32.2. The number of anilines is 3. The van der Waals surface area contributed by atoms with Crippen LogP contribution < -0.4 is 15.2 Å². The number of hydrazine groups is 1. The first-order valence-electron chi connectivity index (χ1n) is 9.77. The molecule has 0 spiro atoms. The molecule has 8 heteroatoms. The quantitative estimate of drug-likeness (QED) is 0.847.